The van der Waals surface area contributed by atoms with Crippen LogP contribution in [0.25, 0.3) is 0 Å². The predicted octanol–water partition coefficient (Wildman–Crippen LogP) is 2.00. The molecule has 0 aliphatic heterocycles. The van der Waals surface area contributed by atoms with Gasteiger partial charge in [-0.25, -0.2) is 0 Å². The molecule has 0 spiro atoms. The quantitative estimate of drug-likeness (QED) is 0.787. The second-order valence-corrected chi connectivity index (χ2v) is 4.21. The summed E-state index contributed by atoms with van der Waals surface area (Å²) in [6.45, 7) is 4.20. The number of anilines is 1. The Hall–Kier alpha value is -1.02. The van der Waals surface area contributed by atoms with Crippen molar-refractivity contribution in [3.8, 4) is 0 Å². The van der Waals surface area contributed by atoms with E-state index in [4.69, 9.17) is 5.73 Å². The van der Waals surface area contributed by atoms with Crippen LogP contribution in [0.15, 0.2) is 30.3 Å². The van der Waals surface area contributed by atoms with E-state index in [0.717, 1.165) is 13.1 Å². The van der Waals surface area contributed by atoms with Gasteiger partial charge in [0.1, 0.15) is 0 Å². The third-order valence-electron chi connectivity index (χ3n) is 2.90. The molecule has 14 heavy (non-hydrogen) atoms. The van der Waals surface area contributed by atoms with E-state index in [1.54, 1.807) is 0 Å². The second kappa shape index (κ2) is 3.62. The maximum absolute atomic E-state index is 6.12. The first-order valence-electron chi connectivity index (χ1n) is 5.32. The molecule has 1 saturated carbocycles. The summed E-state index contributed by atoms with van der Waals surface area (Å²) in [4.78, 5) is 2.35. The first kappa shape index (κ1) is 9.53. The van der Waals surface area contributed by atoms with Crippen molar-refractivity contribution < 1.29 is 0 Å². The van der Waals surface area contributed by atoms with Gasteiger partial charge in [-0.15, -0.1) is 0 Å². The molecule has 0 radical (unpaired) electrons. The predicted molar refractivity (Wildman–Crippen MR) is 60.5 cm³/mol. The van der Waals surface area contributed by atoms with Gasteiger partial charge in [0.15, 0.2) is 0 Å². The standard InChI is InChI=1S/C12H18N2/c1-2-14(10-12(13)8-9-12)11-6-4-3-5-7-11/h3-7H,2,8-10,13H2,1H3. The first-order chi connectivity index (χ1) is 6.73. The summed E-state index contributed by atoms with van der Waals surface area (Å²) in [6.07, 6.45) is 2.35. The molecule has 0 atom stereocenters. The number of para-hydroxylation sites is 1. The Morgan fingerprint density at radius 1 is 1.29 bits per heavy atom. The van der Waals surface area contributed by atoms with Crippen molar-refractivity contribution in [2.45, 2.75) is 25.3 Å². The van der Waals surface area contributed by atoms with E-state index >= 15 is 0 Å². The molecule has 0 amide bonds. The number of hydrogen-bond donors (Lipinski definition) is 1. The minimum absolute atomic E-state index is 0.103. The lowest BCUT2D eigenvalue weighted by molar-refractivity contribution is 0.639. The van der Waals surface area contributed by atoms with Gasteiger partial charge in [0.25, 0.3) is 0 Å². The fraction of sp³-hybridized carbons (Fsp3) is 0.500. The lowest BCUT2D eigenvalue weighted by atomic mass is 10.2. The summed E-state index contributed by atoms with van der Waals surface area (Å²) in [6, 6.07) is 10.5. The van der Waals surface area contributed by atoms with E-state index in [0.29, 0.717) is 0 Å². The summed E-state index contributed by atoms with van der Waals surface area (Å²) < 4.78 is 0. The van der Waals surface area contributed by atoms with Gasteiger partial charge < -0.3 is 10.6 Å². The molecule has 1 fully saturated rings. The Morgan fingerprint density at radius 3 is 2.43 bits per heavy atom. The van der Waals surface area contributed by atoms with Gasteiger partial charge in [0, 0.05) is 24.3 Å². The average molecular weight is 190 g/mol. The van der Waals surface area contributed by atoms with Crippen LogP contribution in [0.1, 0.15) is 19.8 Å². The molecule has 0 unspecified atom stereocenters. The third kappa shape index (κ3) is 2.07. The molecule has 1 aromatic carbocycles. The highest BCUT2D eigenvalue weighted by atomic mass is 15.2. The fourth-order valence-corrected chi connectivity index (χ4v) is 1.72. The van der Waals surface area contributed by atoms with Crippen LogP contribution in [0.3, 0.4) is 0 Å². The van der Waals surface area contributed by atoms with E-state index in [1.165, 1.54) is 18.5 Å². The van der Waals surface area contributed by atoms with Gasteiger partial charge >= 0.3 is 0 Å². The topological polar surface area (TPSA) is 29.3 Å². The molecule has 0 heterocycles. The largest absolute Gasteiger partial charge is 0.370 e. The van der Waals surface area contributed by atoms with E-state index in [2.05, 4.69) is 36.1 Å². The fourth-order valence-electron chi connectivity index (χ4n) is 1.72. The lowest BCUT2D eigenvalue weighted by Crippen LogP contribution is -2.39. The lowest BCUT2D eigenvalue weighted by Gasteiger charge is -2.26. The van der Waals surface area contributed by atoms with Crippen LogP contribution >= 0.6 is 0 Å². The Kier molecular flexibility index (Phi) is 2.46. The van der Waals surface area contributed by atoms with Gasteiger partial charge in [0.2, 0.25) is 0 Å². The molecule has 2 heteroatoms. The van der Waals surface area contributed by atoms with E-state index in [9.17, 15) is 0 Å². The van der Waals surface area contributed by atoms with Crippen LogP contribution in [0, 0.1) is 0 Å². The molecule has 1 aromatic rings. The highest BCUT2D eigenvalue weighted by molar-refractivity contribution is 5.46. The number of hydrogen-bond acceptors (Lipinski definition) is 2. The van der Waals surface area contributed by atoms with E-state index in [1.807, 2.05) is 6.07 Å². The molecule has 0 aromatic heterocycles. The van der Waals surface area contributed by atoms with Crippen molar-refractivity contribution in [1.82, 2.24) is 0 Å². The zero-order chi connectivity index (χ0) is 10.0. The Morgan fingerprint density at radius 2 is 1.93 bits per heavy atom. The monoisotopic (exact) mass is 190 g/mol. The minimum Gasteiger partial charge on any atom is -0.370 e. The summed E-state index contributed by atoms with van der Waals surface area (Å²) in [5, 5.41) is 0. The molecule has 76 valence electrons. The van der Waals surface area contributed by atoms with Crippen molar-refractivity contribution in [1.29, 1.82) is 0 Å². The van der Waals surface area contributed by atoms with Crippen LogP contribution in [0.4, 0.5) is 5.69 Å². The smallest absolute Gasteiger partial charge is 0.0366 e. The number of nitrogens with two attached hydrogens (primary N) is 1. The molecular weight excluding hydrogens is 172 g/mol. The summed E-state index contributed by atoms with van der Waals surface area (Å²) in [7, 11) is 0. The zero-order valence-corrected chi connectivity index (χ0v) is 8.74. The van der Waals surface area contributed by atoms with Crippen molar-refractivity contribution in [3.05, 3.63) is 30.3 Å². The van der Waals surface area contributed by atoms with E-state index < -0.39 is 0 Å². The van der Waals surface area contributed by atoms with Crippen molar-refractivity contribution in [2.75, 3.05) is 18.0 Å². The molecular formula is C12H18N2. The van der Waals surface area contributed by atoms with Gasteiger partial charge in [-0.05, 0) is 31.9 Å². The van der Waals surface area contributed by atoms with E-state index in [-0.39, 0.29) is 5.54 Å². The minimum atomic E-state index is 0.103. The molecule has 1 aliphatic rings. The Labute approximate surface area is 85.7 Å². The number of nitrogens with zero attached hydrogens (tertiary/aromatic N) is 1. The summed E-state index contributed by atoms with van der Waals surface area (Å²) >= 11 is 0. The molecule has 2 N–H and O–H groups in total. The van der Waals surface area contributed by atoms with Gasteiger partial charge in [-0.2, -0.15) is 0 Å². The van der Waals surface area contributed by atoms with Gasteiger partial charge in [0.05, 0.1) is 0 Å². The van der Waals surface area contributed by atoms with Crippen LogP contribution in [-0.2, 0) is 0 Å². The van der Waals surface area contributed by atoms with Crippen LogP contribution in [-0.4, -0.2) is 18.6 Å². The third-order valence-corrected chi connectivity index (χ3v) is 2.90. The molecule has 0 saturated heterocycles. The second-order valence-electron chi connectivity index (χ2n) is 4.21. The molecule has 2 rings (SSSR count). The average Bonchev–Trinajstić information content (AvgIpc) is 2.95. The Balaban J connectivity index is 2.06. The van der Waals surface area contributed by atoms with Crippen molar-refractivity contribution in [3.63, 3.8) is 0 Å². The summed E-state index contributed by atoms with van der Waals surface area (Å²) in [5.74, 6) is 0. The zero-order valence-electron chi connectivity index (χ0n) is 8.74. The normalized spacial score (nSPS) is 17.9. The molecule has 0 bridgehead atoms. The van der Waals surface area contributed by atoms with Crippen molar-refractivity contribution in [2.24, 2.45) is 5.73 Å². The molecule has 2 nitrogen and oxygen atoms in total. The number of likely N-dealkylation sites (N-methyl/N-ethyl adjacent to an activating group) is 1. The van der Waals surface area contributed by atoms with Gasteiger partial charge in [-0.1, -0.05) is 18.2 Å². The SMILES string of the molecule is CCN(CC1(N)CC1)c1ccccc1. The molecule has 1 aliphatic carbocycles. The van der Waals surface area contributed by atoms with Gasteiger partial charge in [-0.3, -0.25) is 0 Å². The number of benzene rings is 1. The highest BCUT2D eigenvalue weighted by Crippen LogP contribution is 2.34. The number of rotatable bonds is 4. The Bertz CT molecular complexity index is 290. The highest BCUT2D eigenvalue weighted by Gasteiger charge is 2.39. The van der Waals surface area contributed by atoms with Crippen LogP contribution in [0.5, 0.6) is 0 Å². The van der Waals surface area contributed by atoms with Crippen LogP contribution < -0.4 is 10.6 Å². The first-order valence-corrected chi connectivity index (χ1v) is 5.32. The maximum atomic E-state index is 6.12. The maximum Gasteiger partial charge on any atom is 0.0366 e. The van der Waals surface area contributed by atoms with Crippen molar-refractivity contribution >= 4 is 5.69 Å². The summed E-state index contributed by atoms with van der Waals surface area (Å²) in [5.41, 5.74) is 7.51. The van der Waals surface area contributed by atoms with Crippen LogP contribution in [0.2, 0.25) is 0 Å².